The summed E-state index contributed by atoms with van der Waals surface area (Å²) in [5.74, 6) is 0. The van der Waals surface area contributed by atoms with E-state index in [2.05, 4.69) is 15.7 Å². The molecule has 2 rings (SSSR count). The van der Waals surface area contributed by atoms with Crippen molar-refractivity contribution in [3.8, 4) is 0 Å². The van der Waals surface area contributed by atoms with Crippen LogP contribution in [0.25, 0.3) is 0 Å². The summed E-state index contributed by atoms with van der Waals surface area (Å²) in [5.41, 5.74) is 2.60. The third-order valence-corrected chi connectivity index (χ3v) is 4.07. The molecule has 0 radical (unpaired) electrons. The maximum absolute atomic E-state index is 12.1. The number of anilines is 1. The van der Waals surface area contributed by atoms with E-state index < -0.39 is 0 Å². The molecule has 6 nitrogen and oxygen atoms in total. The van der Waals surface area contributed by atoms with E-state index in [9.17, 15) is 4.79 Å². The van der Waals surface area contributed by atoms with E-state index in [1.165, 1.54) is 19.3 Å². The van der Waals surface area contributed by atoms with Crippen LogP contribution in [0.2, 0.25) is 0 Å². The summed E-state index contributed by atoms with van der Waals surface area (Å²) in [5, 5.41) is 10.5. The molecular formula is C15H26N4O2. The molecule has 118 valence electrons. The maximum atomic E-state index is 12.1. The Balaban J connectivity index is 1.94. The summed E-state index contributed by atoms with van der Waals surface area (Å²) in [6.45, 7) is 5.17. The molecule has 0 saturated heterocycles. The molecule has 1 aliphatic rings. The van der Waals surface area contributed by atoms with Crippen molar-refractivity contribution in [2.24, 2.45) is 0 Å². The van der Waals surface area contributed by atoms with Crippen LogP contribution in [0.3, 0.4) is 0 Å². The van der Waals surface area contributed by atoms with E-state index in [0.717, 1.165) is 29.9 Å². The van der Waals surface area contributed by atoms with Crippen LogP contribution < -0.4 is 10.6 Å². The Morgan fingerprint density at radius 3 is 2.71 bits per heavy atom. The first-order chi connectivity index (χ1) is 10.1. The second kappa shape index (κ2) is 7.45. The third kappa shape index (κ3) is 4.20. The summed E-state index contributed by atoms with van der Waals surface area (Å²) in [7, 11) is 1.67. The third-order valence-electron chi connectivity index (χ3n) is 4.07. The summed E-state index contributed by atoms with van der Waals surface area (Å²) in [4.78, 5) is 12.1. The van der Waals surface area contributed by atoms with Gasteiger partial charge in [0, 0.05) is 13.2 Å². The average Bonchev–Trinajstić information content (AvgIpc) is 2.73. The Bertz CT molecular complexity index is 478. The smallest absolute Gasteiger partial charge is 0.319 e. The van der Waals surface area contributed by atoms with Gasteiger partial charge in [-0.05, 0) is 26.7 Å². The molecule has 1 saturated carbocycles. The summed E-state index contributed by atoms with van der Waals surface area (Å²) in [6, 6.07) is 0.183. The van der Waals surface area contributed by atoms with Crippen molar-refractivity contribution in [3.63, 3.8) is 0 Å². The lowest BCUT2D eigenvalue weighted by Crippen LogP contribution is -2.39. The number of hydrogen-bond acceptors (Lipinski definition) is 3. The van der Waals surface area contributed by atoms with Crippen LogP contribution in [0.15, 0.2) is 0 Å². The van der Waals surface area contributed by atoms with E-state index in [4.69, 9.17) is 4.74 Å². The molecule has 1 aromatic rings. The van der Waals surface area contributed by atoms with Crippen molar-refractivity contribution in [3.05, 3.63) is 11.4 Å². The van der Waals surface area contributed by atoms with Gasteiger partial charge in [-0.3, -0.25) is 4.68 Å². The van der Waals surface area contributed by atoms with Gasteiger partial charge in [-0.25, -0.2) is 4.79 Å². The predicted octanol–water partition coefficient (Wildman–Crippen LogP) is 2.60. The number of aryl methyl sites for hydroxylation is 1. The average molecular weight is 294 g/mol. The van der Waals surface area contributed by atoms with Gasteiger partial charge in [-0.1, -0.05) is 19.3 Å². The standard InChI is InChI=1S/C15H26N4O2/c1-11-14(12(2)19(18-11)9-10-21-3)17-15(20)16-13-7-5-4-6-8-13/h13H,4-10H2,1-3H3,(H2,16,17,20). The van der Waals surface area contributed by atoms with Crippen LogP contribution in [0, 0.1) is 13.8 Å². The lowest BCUT2D eigenvalue weighted by atomic mass is 9.96. The Morgan fingerprint density at radius 2 is 2.05 bits per heavy atom. The van der Waals surface area contributed by atoms with Gasteiger partial charge in [0.15, 0.2) is 0 Å². The molecule has 21 heavy (non-hydrogen) atoms. The Hall–Kier alpha value is -1.56. The number of ether oxygens (including phenoxy) is 1. The first-order valence-corrected chi connectivity index (χ1v) is 7.72. The number of aromatic nitrogens is 2. The van der Waals surface area contributed by atoms with E-state index in [1.807, 2.05) is 18.5 Å². The van der Waals surface area contributed by atoms with Crippen molar-refractivity contribution in [1.29, 1.82) is 0 Å². The summed E-state index contributed by atoms with van der Waals surface area (Å²) in [6.07, 6.45) is 5.86. The van der Waals surface area contributed by atoms with Crippen molar-refractivity contribution in [2.45, 2.75) is 58.5 Å². The highest BCUT2D eigenvalue weighted by Gasteiger charge is 2.18. The number of urea groups is 1. The molecule has 0 aromatic carbocycles. The number of amides is 2. The summed E-state index contributed by atoms with van der Waals surface area (Å²) >= 11 is 0. The molecule has 0 bridgehead atoms. The van der Waals surface area contributed by atoms with Gasteiger partial charge in [0.1, 0.15) is 0 Å². The molecule has 0 aliphatic heterocycles. The van der Waals surface area contributed by atoms with Crippen LogP contribution in [0.5, 0.6) is 0 Å². The summed E-state index contributed by atoms with van der Waals surface area (Å²) < 4.78 is 6.94. The molecule has 0 spiro atoms. The zero-order chi connectivity index (χ0) is 15.2. The van der Waals surface area contributed by atoms with Crippen LogP contribution in [0.1, 0.15) is 43.5 Å². The zero-order valence-corrected chi connectivity index (χ0v) is 13.2. The number of nitrogens with one attached hydrogen (secondary N) is 2. The topological polar surface area (TPSA) is 68.2 Å². The van der Waals surface area contributed by atoms with Gasteiger partial charge in [0.25, 0.3) is 0 Å². The molecule has 1 heterocycles. The van der Waals surface area contributed by atoms with E-state index in [1.54, 1.807) is 7.11 Å². The Kier molecular flexibility index (Phi) is 5.61. The highest BCUT2D eigenvalue weighted by Crippen LogP contribution is 2.20. The van der Waals surface area contributed by atoms with Crippen molar-refractivity contribution in [1.82, 2.24) is 15.1 Å². The largest absolute Gasteiger partial charge is 0.383 e. The lowest BCUT2D eigenvalue weighted by Gasteiger charge is -2.22. The fourth-order valence-electron chi connectivity index (χ4n) is 2.86. The first-order valence-electron chi connectivity index (χ1n) is 7.72. The second-order valence-corrected chi connectivity index (χ2v) is 5.70. The normalized spacial score (nSPS) is 16.0. The van der Waals surface area contributed by atoms with Crippen molar-refractivity contribution in [2.75, 3.05) is 19.0 Å². The molecule has 1 fully saturated rings. The molecule has 1 aliphatic carbocycles. The quantitative estimate of drug-likeness (QED) is 0.877. The second-order valence-electron chi connectivity index (χ2n) is 5.70. The van der Waals surface area contributed by atoms with Crippen LogP contribution in [-0.4, -0.2) is 35.6 Å². The van der Waals surface area contributed by atoms with Gasteiger partial charge < -0.3 is 15.4 Å². The van der Waals surface area contributed by atoms with Crippen LogP contribution >= 0.6 is 0 Å². The minimum atomic E-state index is -0.126. The van der Waals surface area contributed by atoms with E-state index >= 15 is 0 Å². The van der Waals surface area contributed by atoms with Crippen LogP contribution in [0.4, 0.5) is 10.5 Å². The number of nitrogens with zero attached hydrogens (tertiary/aromatic N) is 2. The van der Waals surface area contributed by atoms with Gasteiger partial charge in [-0.2, -0.15) is 5.10 Å². The molecule has 0 atom stereocenters. The van der Waals surface area contributed by atoms with Crippen LogP contribution in [-0.2, 0) is 11.3 Å². The Labute approximate surface area is 126 Å². The van der Waals surface area contributed by atoms with E-state index in [0.29, 0.717) is 19.2 Å². The molecule has 6 heteroatoms. The molecular weight excluding hydrogens is 268 g/mol. The van der Waals surface area contributed by atoms with Crippen molar-refractivity contribution >= 4 is 11.7 Å². The van der Waals surface area contributed by atoms with Gasteiger partial charge >= 0.3 is 6.03 Å². The molecule has 0 unspecified atom stereocenters. The highest BCUT2D eigenvalue weighted by atomic mass is 16.5. The van der Waals surface area contributed by atoms with Crippen molar-refractivity contribution < 1.29 is 9.53 Å². The number of rotatable bonds is 5. The van der Waals surface area contributed by atoms with Gasteiger partial charge in [0.2, 0.25) is 0 Å². The molecule has 2 N–H and O–H groups in total. The van der Waals surface area contributed by atoms with Gasteiger partial charge in [-0.15, -0.1) is 0 Å². The molecule has 2 amide bonds. The number of methoxy groups -OCH3 is 1. The number of hydrogen-bond donors (Lipinski definition) is 2. The van der Waals surface area contributed by atoms with E-state index in [-0.39, 0.29) is 6.03 Å². The minimum absolute atomic E-state index is 0.126. The maximum Gasteiger partial charge on any atom is 0.319 e. The predicted molar refractivity (Wildman–Crippen MR) is 82.6 cm³/mol. The fraction of sp³-hybridized carbons (Fsp3) is 0.733. The lowest BCUT2D eigenvalue weighted by molar-refractivity contribution is 0.182. The SMILES string of the molecule is COCCn1nc(C)c(NC(=O)NC2CCCCC2)c1C. The number of carbonyl (C=O) groups is 1. The first kappa shape index (κ1) is 15.8. The highest BCUT2D eigenvalue weighted by molar-refractivity contribution is 5.90. The van der Waals surface area contributed by atoms with Gasteiger partial charge in [0.05, 0.1) is 30.2 Å². The zero-order valence-electron chi connectivity index (χ0n) is 13.2. The minimum Gasteiger partial charge on any atom is -0.383 e. The fourth-order valence-corrected chi connectivity index (χ4v) is 2.86. The number of carbonyl (C=O) groups excluding carboxylic acids is 1. The molecule has 1 aromatic heterocycles. The monoisotopic (exact) mass is 294 g/mol. The Morgan fingerprint density at radius 1 is 1.33 bits per heavy atom.